The minimum Gasteiger partial charge on any atom is -0.497 e. The SMILES string of the molecule is CNCC(C)Oc1nccc2ccc(OC)cc12. The van der Waals surface area contributed by atoms with E-state index in [1.54, 1.807) is 13.3 Å². The molecule has 1 atom stereocenters. The lowest BCUT2D eigenvalue weighted by molar-refractivity contribution is 0.215. The van der Waals surface area contributed by atoms with E-state index in [9.17, 15) is 0 Å². The van der Waals surface area contributed by atoms with Crippen LogP contribution in [0.4, 0.5) is 0 Å². The molecular formula is C14H18N2O2. The molecule has 0 spiro atoms. The molecule has 1 aromatic carbocycles. The van der Waals surface area contributed by atoms with Crippen molar-refractivity contribution in [2.24, 2.45) is 0 Å². The molecule has 2 aromatic rings. The second-order valence-electron chi connectivity index (χ2n) is 4.19. The Hall–Kier alpha value is -1.81. The summed E-state index contributed by atoms with van der Waals surface area (Å²) in [5.74, 6) is 1.45. The van der Waals surface area contributed by atoms with E-state index in [2.05, 4.69) is 10.3 Å². The summed E-state index contributed by atoms with van der Waals surface area (Å²) >= 11 is 0. The molecule has 0 aliphatic carbocycles. The van der Waals surface area contributed by atoms with Gasteiger partial charge in [-0.1, -0.05) is 6.07 Å². The van der Waals surface area contributed by atoms with Gasteiger partial charge in [-0.25, -0.2) is 4.98 Å². The maximum atomic E-state index is 5.84. The van der Waals surface area contributed by atoms with Crippen molar-refractivity contribution in [2.75, 3.05) is 20.7 Å². The molecule has 0 aliphatic rings. The molecule has 1 aromatic heterocycles. The number of fused-ring (bicyclic) bond motifs is 1. The molecular weight excluding hydrogens is 228 g/mol. The Kier molecular flexibility index (Phi) is 3.99. The second-order valence-corrected chi connectivity index (χ2v) is 4.19. The number of rotatable bonds is 5. The van der Waals surface area contributed by atoms with Gasteiger partial charge in [-0.05, 0) is 37.6 Å². The van der Waals surface area contributed by atoms with Crippen LogP contribution in [0, 0.1) is 0 Å². The van der Waals surface area contributed by atoms with Gasteiger partial charge in [0.25, 0.3) is 0 Å². The van der Waals surface area contributed by atoms with Crippen molar-refractivity contribution < 1.29 is 9.47 Å². The highest BCUT2D eigenvalue weighted by atomic mass is 16.5. The van der Waals surface area contributed by atoms with Crippen molar-refractivity contribution in [2.45, 2.75) is 13.0 Å². The van der Waals surface area contributed by atoms with Crippen molar-refractivity contribution in [3.05, 3.63) is 30.5 Å². The lowest BCUT2D eigenvalue weighted by Crippen LogP contribution is -2.26. The second kappa shape index (κ2) is 5.69. The standard InChI is InChI=1S/C14H18N2O2/c1-10(9-15-2)18-14-13-8-12(17-3)5-4-11(13)6-7-16-14/h4-8,10,15H,9H2,1-3H3. The van der Waals surface area contributed by atoms with Crippen LogP contribution in [-0.2, 0) is 0 Å². The van der Waals surface area contributed by atoms with Crippen LogP contribution >= 0.6 is 0 Å². The number of pyridine rings is 1. The highest BCUT2D eigenvalue weighted by Gasteiger charge is 2.08. The summed E-state index contributed by atoms with van der Waals surface area (Å²) in [5, 5.41) is 5.15. The van der Waals surface area contributed by atoms with E-state index >= 15 is 0 Å². The molecule has 96 valence electrons. The van der Waals surface area contributed by atoms with Gasteiger partial charge in [0.2, 0.25) is 5.88 Å². The first kappa shape index (κ1) is 12.6. The predicted molar refractivity (Wildman–Crippen MR) is 72.3 cm³/mol. The van der Waals surface area contributed by atoms with E-state index in [1.807, 2.05) is 38.2 Å². The maximum Gasteiger partial charge on any atom is 0.221 e. The summed E-state index contributed by atoms with van der Waals surface area (Å²) in [5.41, 5.74) is 0. The summed E-state index contributed by atoms with van der Waals surface area (Å²) in [4.78, 5) is 4.30. The number of nitrogens with zero attached hydrogens (tertiary/aromatic N) is 1. The highest BCUT2D eigenvalue weighted by molar-refractivity contribution is 5.87. The van der Waals surface area contributed by atoms with Crippen LogP contribution in [0.3, 0.4) is 0 Å². The molecule has 0 aliphatic heterocycles. The Morgan fingerprint density at radius 2 is 2.17 bits per heavy atom. The average molecular weight is 246 g/mol. The number of nitrogens with one attached hydrogen (secondary N) is 1. The normalized spacial score (nSPS) is 12.4. The van der Waals surface area contributed by atoms with Gasteiger partial charge in [0, 0.05) is 18.1 Å². The Labute approximate surface area is 107 Å². The lowest BCUT2D eigenvalue weighted by atomic mass is 10.1. The van der Waals surface area contributed by atoms with Gasteiger partial charge in [-0.2, -0.15) is 0 Å². The van der Waals surface area contributed by atoms with Crippen molar-refractivity contribution in [1.82, 2.24) is 10.3 Å². The van der Waals surface area contributed by atoms with E-state index in [0.717, 1.165) is 23.1 Å². The minimum absolute atomic E-state index is 0.0688. The third-order valence-corrected chi connectivity index (χ3v) is 2.74. The molecule has 0 fully saturated rings. The molecule has 2 rings (SSSR count). The number of aromatic nitrogens is 1. The van der Waals surface area contributed by atoms with E-state index < -0.39 is 0 Å². The molecule has 1 N–H and O–H groups in total. The van der Waals surface area contributed by atoms with E-state index in [-0.39, 0.29) is 6.10 Å². The monoisotopic (exact) mass is 246 g/mol. The zero-order valence-corrected chi connectivity index (χ0v) is 10.9. The van der Waals surface area contributed by atoms with Crippen molar-refractivity contribution in [3.63, 3.8) is 0 Å². The number of hydrogen-bond donors (Lipinski definition) is 1. The van der Waals surface area contributed by atoms with Crippen LogP contribution in [0.5, 0.6) is 11.6 Å². The number of benzene rings is 1. The summed E-state index contributed by atoms with van der Waals surface area (Å²) in [6, 6.07) is 7.85. The van der Waals surface area contributed by atoms with Crippen LogP contribution < -0.4 is 14.8 Å². The van der Waals surface area contributed by atoms with Crippen molar-refractivity contribution in [1.29, 1.82) is 0 Å². The van der Waals surface area contributed by atoms with Crippen LogP contribution in [0.1, 0.15) is 6.92 Å². The minimum atomic E-state index is 0.0688. The molecule has 0 saturated carbocycles. The molecule has 4 nitrogen and oxygen atoms in total. The third kappa shape index (κ3) is 2.71. The van der Waals surface area contributed by atoms with Gasteiger partial charge < -0.3 is 14.8 Å². The Balaban J connectivity index is 2.36. The van der Waals surface area contributed by atoms with Crippen LogP contribution in [0.15, 0.2) is 30.5 Å². The quantitative estimate of drug-likeness (QED) is 0.878. The van der Waals surface area contributed by atoms with E-state index in [0.29, 0.717) is 5.88 Å². The lowest BCUT2D eigenvalue weighted by Gasteiger charge is -2.15. The molecule has 1 unspecified atom stereocenters. The van der Waals surface area contributed by atoms with Gasteiger partial charge in [0.1, 0.15) is 11.9 Å². The first-order valence-corrected chi connectivity index (χ1v) is 5.98. The molecule has 4 heteroatoms. The van der Waals surface area contributed by atoms with Gasteiger partial charge in [-0.3, -0.25) is 0 Å². The first-order valence-electron chi connectivity index (χ1n) is 5.98. The maximum absolute atomic E-state index is 5.84. The molecule has 0 saturated heterocycles. The fourth-order valence-corrected chi connectivity index (χ4v) is 1.86. The van der Waals surface area contributed by atoms with Gasteiger partial charge in [0.15, 0.2) is 0 Å². The van der Waals surface area contributed by atoms with Gasteiger partial charge >= 0.3 is 0 Å². The fraction of sp³-hybridized carbons (Fsp3) is 0.357. The molecule has 0 radical (unpaired) electrons. The molecule has 0 amide bonds. The number of likely N-dealkylation sites (N-methyl/N-ethyl adjacent to an activating group) is 1. The Bertz CT molecular complexity index is 528. The Morgan fingerprint density at radius 1 is 1.33 bits per heavy atom. The topological polar surface area (TPSA) is 43.4 Å². The fourth-order valence-electron chi connectivity index (χ4n) is 1.86. The summed E-state index contributed by atoms with van der Waals surface area (Å²) < 4.78 is 11.1. The summed E-state index contributed by atoms with van der Waals surface area (Å²) in [7, 11) is 3.56. The first-order chi connectivity index (χ1) is 8.74. The third-order valence-electron chi connectivity index (χ3n) is 2.74. The van der Waals surface area contributed by atoms with Crippen LogP contribution in [-0.4, -0.2) is 31.8 Å². The number of methoxy groups -OCH3 is 1. The van der Waals surface area contributed by atoms with Crippen LogP contribution in [0.2, 0.25) is 0 Å². The highest BCUT2D eigenvalue weighted by Crippen LogP contribution is 2.27. The van der Waals surface area contributed by atoms with E-state index in [4.69, 9.17) is 9.47 Å². The molecule has 18 heavy (non-hydrogen) atoms. The average Bonchev–Trinajstić information content (AvgIpc) is 2.39. The van der Waals surface area contributed by atoms with Crippen molar-refractivity contribution in [3.8, 4) is 11.6 Å². The molecule has 0 bridgehead atoms. The molecule has 1 heterocycles. The van der Waals surface area contributed by atoms with Crippen molar-refractivity contribution >= 4 is 10.8 Å². The van der Waals surface area contributed by atoms with Crippen LogP contribution in [0.25, 0.3) is 10.8 Å². The van der Waals surface area contributed by atoms with E-state index in [1.165, 1.54) is 0 Å². The summed E-state index contributed by atoms with van der Waals surface area (Å²) in [6.07, 6.45) is 1.83. The summed E-state index contributed by atoms with van der Waals surface area (Å²) in [6.45, 7) is 2.79. The Morgan fingerprint density at radius 3 is 2.89 bits per heavy atom. The van der Waals surface area contributed by atoms with Gasteiger partial charge in [-0.15, -0.1) is 0 Å². The zero-order valence-electron chi connectivity index (χ0n) is 10.9. The largest absolute Gasteiger partial charge is 0.497 e. The predicted octanol–water partition coefficient (Wildman–Crippen LogP) is 2.23. The number of hydrogen-bond acceptors (Lipinski definition) is 4. The van der Waals surface area contributed by atoms with Gasteiger partial charge in [0.05, 0.1) is 7.11 Å². The number of ether oxygens (including phenoxy) is 2. The smallest absolute Gasteiger partial charge is 0.221 e. The zero-order chi connectivity index (χ0) is 13.0.